The Morgan fingerprint density at radius 2 is 1.90 bits per heavy atom. The summed E-state index contributed by atoms with van der Waals surface area (Å²) < 4.78 is 19.0. The molecular weight excluding hydrogens is 255 g/mol. The number of H-pyrrole nitrogens is 1. The van der Waals surface area contributed by atoms with Crippen molar-refractivity contribution >= 4 is 0 Å². The zero-order chi connectivity index (χ0) is 13.8. The van der Waals surface area contributed by atoms with Crippen LogP contribution in [-0.2, 0) is 6.61 Å². The second kappa shape index (κ2) is 5.57. The van der Waals surface area contributed by atoms with Crippen molar-refractivity contribution in [2.45, 2.75) is 6.61 Å². The van der Waals surface area contributed by atoms with E-state index in [1.807, 2.05) is 36.4 Å². The lowest BCUT2D eigenvalue weighted by atomic mass is 10.1. The molecule has 3 rings (SSSR count). The molecule has 1 aromatic heterocycles. The standard InChI is InChI=1S/C16H13FN2O/c17-14-8-4-7-13(9-14)15-10-18-19-16(15)20-11-12-5-2-1-3-6-12/h1-10H,11H2,(H,18,19). The molecule has 0 spiro atoms. The van der Waals surface area contributed by atoms with E-state index < -0.39 is 0 Å². The maximum absolute atomic E-state index is 13.3. The van der Waals surface area contributed by atoms with Crippen LogP contribution in [0.4, 0.5) is 4.39 Å². The molecule has 1 N–H and O–H groups in total. The highest BCUT2D eigenvalue weighted by Crippen LogP contribution is 2.28. The first-order valence-corrected chi connectivity index (χ1v) is 6.29. The van der Waals surface area contributed by atoms with Gasteiger partial charge in [-0.3, -0.25) is 0 Å². The zero-order valence-corrected chi connectivity index (χ0v) is 10.7. The fraction of sp³-hybridized carbons (Fsp3) is 0.0625. The Hall–Kier alpha value is -2.62. The molecule has 3 nitrogen and oxygen atoms in total. The molecule has 1 heterocycles. The molecule has 0 atom stereocenters. The van der Waals surface area contributed by atoms with E-state index in [1.54, 1.807) is 12.3 Å². The average Bonchev–Trinajstić information content (AvgIpc) is 2.95. The highest BCUT2D eigenvalue weighted by atomic mass is 19.1. The fourth-order valence-electron chi connectivity index (χ4n) is 1.98. The van der Waals surface area contributed by atoms with Crippen LogP contribution in [0, 0.1) is 5.82 Å². The number of hydrogen-bond acceptors (Lipinski definition) is 2. The molecule has 0 fully saturated rings. The summed E-state index contributed by atoms with van der Waals surface area (Å²) in [7, 11) is 0. The molecule has 0 unspecified atom stereocenters. The molecule has 0 aliphatic rings. The zero-order valence-electron chi connectivity index (χ0n) is 10.7. The van der Waals surface area contributed by atoms with Crippen molar-refractivity contribution in [1.82, 2.24) is 10.2 Å². The molecule has 0 saturated heterocycles. The molecule has 3 aromatic rings. The van der Waals surface area contributed by atoms with E-state index in [9.17, 15) is 4.39 Å². The highest BCUT2D eigenvalue weighted by molar-refractivity contribution is 5.67. The summed E-state index contributed by atoms with van der Waals surface area (Å²) in [6.45, 7) is 0.436. The van der Waals surface area contributed by atoms with Gasteiger partial charge in [0.25, 0.3) is 0 Å². The van der Waals surface area contributed by atoms with Crippen molar-refractivity contribution in [3.63, 3.8) is 0 Å². The third kappa shape index (κ3) is 2.69. The predicted octanol–water partition coefficient (Wildman–Crippen LogP) is 3.79. The van der Waals surface area contributed by atoms with E-state index in [4.69, 9.17) is 4.74 Å². The van der Waals surface area contributed by atoms with Crippen LogP contribution in [-0.4, -0.2) is 10.2 Å². The summed E-state index contributed by atoms with van der Waals surface area (Å²) in [6.07, 6.45) is 1.63. The van der Waals surface area contributed by atoms with Gasteiger partial charge in [0.15, 0.2) is 0 Å². The third-order valence-corrected chi connectivity index (χ3v) is 2.97. The number of ether oxygens (including phenoxy) is 1. The topological polar surface area (TPSA) is 37.9 Å². The minimum Gasteiger partial charge on any atom is -0.473 e. The number of aromatic nitrogens is 2. The van der Waals surface area contributed by atoms with E-state index in [1.165, 1.54) is 12.1 Å². The van der Waals surface area contributed by atoms with Gasteiger partial charge in [0.1, 0.15) is 12.4 Å². The summed E-state index contributed by atoms with van der Waals surface area (Å²) >= 11 is 0. The van der Waals surface area contributed by atoms with Gasteiger partial charge in [-0.05, 0) is 23.3 Å². The van der Waals surface area contributed by atoms with Gasteiger partial charge in [0.2, 0.25) is 5.88 Å². The van der Waals surface area contributed by atoms with Crippen LogP contribution in [0.25, 0.3) is 11.1 Å². The maximum Gasteiger partial charge on any atom is 0.217 e. The molecule has 20 heavy (non-hydrogen) atoms. The Balaban J connectivity index is 1.80. The number of aromatic amines is 1. The smallest absolute Gasteiger partial charge is 0.217 e. The molecule has 2 aromatic carbocycles. The Morgan fingerprint density at radius 3 is 2.70 bits per heavy atom. The number of nitrogens with zero attached hydrogens (tertiary/aromatic N) is 1. The Kier molecular flexibility index (Phi) is 3.46. The van der Waals surface area contributed by atoms with Gasteiger partial charge in [-0.1, -0.05) is 42.5 Å². The van der Waals surface area contributed by atoms with E-state index in [-0.39, 0.29) is 5.82 Å². The minimum absolute atomic E-state index is 0.280. The lowest BCUT2D eigenvalue weighted by molar-refractivity contribution is 0.294. The van der Waals surface area contributed by atoms with Crippen molar-refractivity contribution in [2.24, 2.45) is 0 Å². The van der Waals surface area contributed by atoms with Gasteiger partial charge in [0, 0.05) is 0 Å². The molecule has 0 aliphatic heterocycles. The van der Waals surface area contributed by atoms with E-state index in [0.29, 0.717) is 12.5 Å². The van der Waals surface area contributed by atoms with Crippen molar-refractivity contribution in [1.29, 1.82) is 0 Å². The first-order valence-electron chi connectivity index (χ1n) is 6.29. The first-order chi connectivity index (χ1) is 9.83. The van der Waals surface area contributed by atoms with Gasteiger partial charge >= 0.3 is 0 Å². The number of hydrogen-bond donors (Lipinski definition) is 1. The van der Waals surface area contributed by atoms with Crippen LogP contribution >= 0.6 is 0 Å². The van der Waals surface area contributed by atoms with Gasteiger partial charge in [-0.15, -0.1) is 0 Å². The van der Waals surface area contributed by atoms with Crippen LogP contribution in [0.15, 0.2) is 60.8 Å². The predicted molar refractivity (Wildman–Crippen MR) is 74.8 cm³/mol. The molecule has 0 bridgehead atoms. The van der Waals surface area contributed by atoms with Crippen LogP contribution < -0.4 is 4.74 Å². The first kappa shape index (κ1) is 12.4. The summed E-state index contributed by atoms with van der Waals surface area (Å²) in [6, 6.07) is 16.2. The van der Waals surface area contributed by atoms with Crippen molar-refractivity contribution in [3.8, 4) is 17.0 Å². The van der Waals surface area contributed by atoms with Crippen LogP contribution in [0.3, 0.4) is 0 Å². The highest BCUT2D eigenvalue weighted by Gasteiger charge is 2.09. The molecule has 100 valence electrons. The lowest BCUT2D eigenvalue weighted by Crippen LogP contribution is -1.96. The number of nitrogens with one attached hydrogen (secondary N) is 1. The largest absolute Gasteiger partial charge is 0.473 e. The maximum atomic E-state index is 13.3. The summed E-state index contributed by atoms with van der Waals surface area (Å²) in [5.74, 6) is 0.261. The molecule has 0 radical (unpaired) electrons. The Bertz CT molecular complexity index is 694. The fourth-order valence-corrected chi connectivity index (χ4v) is 1.98. The van der Waals surface area contributed by atoms with Gasteiger partial charge in [0.05, 0.1) is 11.8 Å². The minimum atomic E-state index is -0.280. The van der Waals surface area contributed by atoms with E-state index >= 15 is 0 Å². The number of benzene rings is 2. The van der Waals surface area contributed by atoms with Crippen molar-refractivity contribution in [3.05, 3.63) is 72.2 Å². The van der Waals surface area contributed by atoms with Crippen LogP contribution in [0.2, 0.25) is 0 Å². The quantitative estimate of drug-likeness (QED) is 0.781. The number of halogens is 1. The summed E-state index contributed by atoms with van der Waals surface area (Å²) in [5.41, 5.74) is 2.55. The summed E-state index contributed by atoms with van der Waals surface area (Å²) in [4.78, 5) is 0. The number of rotatable bonds is 4. The molecule has 0 amide bonds. The van der Waals surface area contributed by atoms with E-state index in [0.717, 1.165) is 16.7 Å². The lowest BCUT2D eigenvalue weighted by Gasteiger charge is -2.06. The monoisotopic (exact) mass is 268 g/mol. The van der Waals surface area contributed by atoms with Crippen molar-refractivity contribution < 1.29 is 9.13 Å². The molecule has 4 heteroatoms. The normalized spacial score (nSPS) is 10.4. The summed E-state index contributed by atoms with van der Waals surface area (Å²) in [5, 5.41) is 6.77. The third-order valence-electron chi connectivity index (χ3n) is 2.97. The van der Waals surface area contributed by atoms with Gasteiger partial charge < -0.3 is 4.74 Å². The molecule has 0 saturated carbocycles. The molecular formula is C16H13FN2O. The second-order valence-corrected chi connectivity index (χ2v) is 4.40. The van der Waals surface area contributed by atoms with Crippen LogP contribution in [0.1, 0.15) is 5.56 Å². The SMILES string of the molecule is Fc1cccc(-c2cn[nH]c2OCc2ccccc2)c1. The van der Waals surface area contributed by atoms with Gasteiger partial charge in [-0.25, -0.2) is 9.49 Å². The van der Waals surface area contributed by atoms with Gasteiger partial charge in [-0.2, -0.15) is 5.10 Å². The van der Waals surface area contributed by atoms with Crippen LogP contribution in [0.5, 0.6) is 5.88 Å². The Labute approximate surface area is 116 Å². The van der Waals surface area contributed by atoms with Crippen molar-refractivity contribution in [2.75, 3.05) is 0 Å². The second-order valence-electron chi connectivity index (χ2n) is 4.40. The molecule has 0 aliphatic carbocycles. The Morgan fingerprint density at radius 1 is 1.05 bits per heavy atom. The average molecular weight is 268 g/mol. The van der Waals surface area contributed by atoms with E-state index in [2.05, 4.69) is 10.2 Å².